The van der Waals surface area contributed by atoms with Crippen molar-refractivity contribution in [2.75, 3.05) is 0 Å². The Labute approximate surface area is 145 Å². The van der Waals surface area contributed by atoms with Gasteiger partial charge in [-0.2, -0.15) is 0 Å². The van der Waals surface area contributed by atoms with Crippen LogP contribution >= 0.6 is 24.0 Å². The molecule has 23 heavy (non-hydrogen) atoms. The Balaban J connectivity index is 0.00000192. The van der Waals surface area contributed by atoms with E-state index >= 15 is 0 Å². The van der Waals surface area contributed by atoms with Crippen LogP contribution in [0.15, 0.2) is 42.5 Å². The first-order chi connectivity index (χ1) is 10.5. The predicted octanol–water partition coefficient (Wildman–Crippen LogP) is 3.91. The average Bonchev–Trinajstić information content (AvgIpc) is 2.46. The fourth-order valence-electron chi connectivity index (χ4n) is 2.89. The van der Waals surface area contributed by atoms with Crippen LogP contribution in [0.5, 0.6) is 0 Å². The highest BCUT2D eigenvalue weighted by Crippen LogP contribution is 2.26. The number of carboxylic acids is 1. The highest BCUT2D eigenvalue weighted by Gasteiger charge is 2.31. The number of benzene rings is 2. The van der Waals surface area contributed by atoms with Crippen LogP contribution in [-0.4, -0.2) is 22.0 Å². The molecule has 1 unspecified atom stereocenters. The van der Waals surface area contributed by atoms with Gasteiger partial charge in [-0.1, -0.05) is 29.8 Å². The van der Waals surface area contributed by atoms with Gasteiger partial charge in [-0.05, 0) is 47.4 Å². The van der Waals surface area contributed by atoms with Gasteiger partial charge in [-0.3, -0.25) is 9.69 Å². The minimum atomic E-state index is -0.864. The molecule has 3 nitrogen and oxygen atoms in total. The summed E-state index contributed by atoms with van der Waals surface area (Å²) < 4.78 is 13.4. The molecule has 2 aromatic rings. The van der Waals surface area contributed by atoms with Crippen molar-refractivity contribution in [2.24, 2.45) is 0 Å². The second-order valence-electron chi connectivity index (χ2n) is 5.51. The monoisotopic (exact) mass is 355 g/mol. The first kappa shape index (κ1) is 17.7. The molecule has 0 saturated heterocycles. The van der Waals surface area contributed by atoms with E-state index in [1.54, 1.807) is 12.1 Å². The number of hydrogen-bond acceptors (Lipinski definition) is 2. The highest BCUT2D eigenvalue weighted by atomic mass is 35.5. The van der Waals surface area contributed by atoms with Crippen molar-refractivity contribution in [3.63, 3.8) is 0 Å². The number of hydrogen-bond donors (Lipinski definition) is 1. The maximum Gasteiger partial charge on any atom is 0.321 e. The summed E-state index contributed by atoms with van der Waals surface area (Å²) in [7, 11) is 0. The quantitative estimate of drug-likeness (QED) is 0.907. The molecular formula is C17H16Cl2FNO2. The fraction of sp³-hybridized carbons (Fsp3) is 0.235. The molecule has 1 heterocycles. The zero-order valence-electron chi connectivity index (χ0n) is 12.2. The van der Waals surface area contributed by atoms with Gasteiger partial charge in [0.15, 0.2) is 0 Å². The lowest BCUT2D eigenvalue weighted by Crippen LogP contribution is -2.45. The van der Waals surface area contributed by atoms with Gasteiger partial charge in [0.1, 0.15) is 11.9 Å². The molecular weight excluding hydrogens is 340 g/mol. The van der Waals surface area contributed by atoms with Crippen LogP contribution in [0.1, 0.15) is 16.7 Å². The van der Waals surface area contributed by atoms with Crippen molar-refractivity contribution in [2.45, 2.75) is 25.6 Å². The van der Waals surface area contributed by atoms with Crippen molar-refractivity contribution in [3.8, 4) is 0 Å². The fourth-order valence-corrected chi connectivity index (χ4v) is 3.10. The minimum Gasteiger partial charge on any atom is -0.480 e. The molecule has 0 fully saturated rings. The van der Waals surface area contributed by atoms with Gasteiger partial charge in [0, 0.05) is 18.1 Å². The standard InChI is InChI=1S/C17H15ClFNO2.ClH/c18-14-3-1-2-11(6-14)9-20-10-13-7-15(19)5-4-12(13)8-16(20)17(21)22;/h1-7,16H,8-10H2,(H,21,22);1H. The predicted molar refractivity (Wildman–Crippen MR) is 89.5 cm³/mol. The van der Waals surface area contributed by atoms with Crippen molar-refractivity contribution in [3.05, 3.63) is 70.0 Å². The second kappa shape index (κ2) is 7.30. The van der Waals surface area contributed by atoms with Crippen LogP contribution in [-0.2, 0) is 24.3 Å². The van der Waals surface area contributed by atoms with E-state index in [-0.39, 0.29) is 18.2 Å². The first-order valence-electron chi connectivity index (χ1n) is 7.01. The van der Waals surface area contributed by atoms with E-state index in [1.807, 2.05) is 23.1 Å². The Morgan fingerprint density at radius 2 is 2.04 bits per heavy atom. The molecule has 0 aromatic heterocycles. The third-order valence-electron chi connectivity index (χ3n) is 3.96. The molecule has 1 atom stereocenters. The third-order valence-corrected chi connectivity index (χ3v) is 4.19. The normalized spacial score (nSPS) is 17.2. The zero-order chi connectivity index (χ0) is 15.7. The molecule has 1 aliphatic heterocycles. The molecule has 3 rings (SSSR count). The van der Waals surface area contributed by atoms with Gasteiger partial charge < -0.3 is 5.11 Å². The highest BCUT2D eigenvalue weighted by molar-refractivity contribution is 6.30. The minimum absolute atomic E-state index is 0. The van der Waals surface area contributed by atoms with E-state index in [0.717, 1.165) is 16.7 Å². The summed E-state index contributed by atoms with van der Waals surface area (Å²) in [6.07, 6.45) is 0.380. The number of nitrogens with zero attached hydrogens (tertiary/aromatic N) is 1. The molecule has 1 N–H and O–H groups in total. The van der Waals surface area contributed by atoms with Crippen molar-refractivity contribution < 1.29 is 14.3 Å². The molecule has 122 valence electrons. The number of carboxylic acid groups (broad SMARTS) is 1. The van der Waals surface area contributed by atoms with Gasteiger partial charge in [0.2, 0.25) is 0 Å². The Hall–Kier alpha value is -1.62. The molecule has 0 bridgehead atoms. The summed E-state index contributed by atoms with van der Waals surface area (Å²) in [5, 5.41) is 10.1. The van der Waals surface area contributed by atoms with Crippen molar-refractivity contribution in [1.29, 1.82) is 0 Å². The molecule has 6 heteroatoms. The lowest BCUT2D eigenvalue weighted by atomic mass is 9.93. The van der Waals surface area contributed by atoms with Gasteiger partial charge in [-0.15, -0.1) is 12.4 Å². The SMILES string of the molecule is Cl.O=C(O)C1Cc2ccc(F)cc2CN1Cc1cccc(Cl)c1. The van der Waals surface area contributed by atoms with E-state index in [4.69, 9.17) is 11.6 Å². The largest absolute Gasteiger partial charge is 0.480 e. The van der Waals surface area contributed by atoms with Gasteiger partial charge in [0.25, 0.3) is 0 Å². The van der Waals surface area contributed by atoms with Crippen LogP contribution < -0.4 is 0 Å². The number of fused-ring (bicyclic) bond motifs is 1. The van der Waals surface area contributed by atoms with Gasteiger partial charge >= 0.3 is 5.97 Å². The van der Waals surface area contributed by atoms with E-state index in [9.17, 15) is 14.3 Å². The molecule has 1 aliphatic rings. The first-order valence-corrected chi connectivity index (χ1v) is 7.39. The van der Waals surface area contributed by atoms with E-state index in [1.165, 1.54) is 12.1 Å². The smallest absolute Gasteiger partial charge is 0.321 e. The van der Waals surface area contributed by atoms with Crippen molar-refractivity contribution >= 4 is 30.0 Å². The lowest BCUT2D eigenvalue weighted by molar-refractivity contribution is -0.144. The molecule has 0 aliphatic carbocycles. The molecule has 0 spiro atoms. The second-order valence-corrected chi connectivity index (χ2v) is 5.94. The van der Waals surface area contributed by atoms with Crippen LogP contribution in [0.2, 0.25) is 5.02 Å². The van der Waals surface area contributed by atoms with Gasteiger partial charge in [-0.25, -0.2) is 4.39 Å². The van der Waals surface area contributed by atoms with Crippen molar-refractivity contribution in [1.82, 2.24) is 4.90 Å². The zero-order valence-corrected chi connectivity index (χ0v) is 13.8. The number of rotatable bonds is 3. The summed E-state index contributed by atoms with van der Waals surface area (Å²) in [5.41, 5.74) is 2.69. The summed E-state index contributed by atoms with van der Waals surface area (Å²) >= 11 is 5.98. The summed E-state index contributed by atoms with van der Waals surface area (Å²) in [6.45, 7) is 0.879. The summed E-state index contributed by atoms with van der Waals surface area (Å²) in [4.78, 5) is 13.4. The van der Waals surface area contributed by atoms with E-state index < -0.39 is 12.0 Å². The Kier molecular flexibility index (Phi) is 5.63. The van der Waals surface area contributed by atoms with Crippen LogP contribution in [0.25, 0.3) is 0 Å². The Morgan fingerprint density at radius 3 is 2.74 bits per heavy atom. The number of halogens is 3. The Morgan fingerprint density at radius 1 is 1.26 bits per heavy atom. The van der Waals surface area contributed by atoms with E-state index in [0.29, 0.717) is 24.5 Å². The molecule has 2 aromatic carbocycles. The van der Waals surface area contributed by atoms with Crippen LogP contribution in [0.3, 0.4) is 0 Å². The Bertz CT molecular complexity index is 723. The number of carbonyl (C=O) groups is 1. The molecule has 0 radical (unpaired) electrons. The summed E-state index contributed by atoms with van der Waals surface area (Å²) in [5.74, 6) is -1.16. The van der Waals surface area contributed by atoms with E-state index in [2.05, 4.69) is 0 Å². The van der Waals surface area contributed by atoms with Gasteiger partial charge in [0.05, 0.1) is 0 Å². The maximum atomic E-state index is 13.4. The summed E-state index contributed by atoms with van der Waals surface area (Å²) in [6, 6.07) is 11.3. The van der Waals surface area contributed by atoms with Crippen LogP contribution in [0.4, 0.5) is 4.39 Å². The third kappa shape index (κ3) is 4.02. The number of aliphatic carboxylic acids is 1. The molecule has 0 saturated carbocycles. The average molecular weight is 356 g/mol. The van der Waals surface area contributed by atoms with Crippen LogP contribution in [0, 0.1) is 5.82 Å². The maximum absolute atomic E-state index is 13.4. The molecule has 0 amide bonds. The lowest BCUT2D eigenvalue weighted by Gasteiger charge is -2.34. The topological polar surface area (TPSA) is 40.5 Å².